The molecule has 0 amide bonds. The minimum absolute atomic E-state index is 0.421. The molecule has 13 heavy (non-hydrogen) atoms. The number of aromatic nitrogens is 1. The summed E-state index contributed by atoms with van der Waals surface area (Å²) in [6.07, 6.45) is 2.78. The molecule has 0 saturated carbocycles. The van der Waals surface area contributed by atoms with E-state index in [0.29, 0.717) is 0 Å². The van der Waals surface area contributed by atoms with E-state index >= 15 is 0 Å². The summed E-state index contributed by atoms with van der Waals surface area (Å²) in [5.74, 6) is 0. The average molecular weight is 198 g/mol. The topological polar surface area (TPSA) is 36.4 Å². The van der Waals surface area contributed by atoms with Crippen molar-refractivity contribution >= 4 is 11.3 Å². The first-order valence-corrected chi connectivity index (χ1v) is 5.42. The highest BCUT2D eigenvalue weighted by Crippen LogP contribution is 2.22. The number of aliphatic hydroxyl groups is 1. The first kappa shape index (κ1) is 9.12. The third-order valence-corrected chi connectivity index (χ3v) is 3.41. The van der Waals surface area contributed by atoms with Gasteiger partial charge in [0.2, 0.25) is 0 Å². The van der Waals surface area contributed by atoms with E-state index in [1.165, 1.54) is 24.4 Å². The van der Waals surface area contributed by atoms with Gasteiger partial charge in [-0.2, -0.15) is 0 Å². The first-order valence-electron chi connectivity index (χ1n) is 4.61. The van der Waals surface area contributed by atoms with E-state index in [0.717, 1.165) is 11.6 Å². The van der Waals surface area contributed by atoms with Crippen molar-refractivity contribution in [2.24, 2.45) is 0 Å². The molecular weight excluding hydrogens is 184 g/mol. The number of aliphatic hydroxyl groups excluding tert-OH is 1. The highest BCUT2D eigenvalue weighted by molar-refractivity contribution is 7.11. The fourth-order valence-electron chi connectivity index (χ4n) is 1.35. The monoisotopic (exact) mass is 198 g/mol. The molecule has 1 aliphatic rings. The van der Waals surface area contributed by atoms with E-state index in [-0.39, 0.29) is 0 Å². The molecule has 1 fully saturated rings. The van der Waals surface area contributed by atoms with Crippen LogP contribution in [0.2, 0.25) is 0 Å². The Bertz CT molecular complexity index is 281. The van der Waals surface area contributed by atoms with Gasteiger partial charge in [-0.05, 0) is 26.4 Å². The minimum atomic E-state index is -0.421. The smallest absolute Gasteiger partial charge is 0.121 e. The van der Waals surface area contributed by atoms with Gasteiger partial charge >= 0.3 is 0 Å². The highest BCUT2D eigenvalue weighted by Gasteiger charge is 2.15. The zero-order valence-electron chi connectivity index (χ0n) is 7.73. The van der Waals surface area contributed by atoms with E-state index in [2.05, 4.69) is 9.88 Å². The molecule has 1 unspecified atom stereocenters. The van der Waals surface area contributed by atoms with Gasteiger partial charge in [-0.25, -0.2) is 4.98 Å². The summed E-state index contributed by atoms with van der Waals surface area (Å²) >= 11 is 1.62. The molecule has 0 aromatic carbocycles. The molecule has 1 aromatic heterocycles. The third kappa shape index (κ3) is 2.07. The van der Waals surface area contributed by atoms with Crippen molar-refractivity contribution in [2.45, 2.75) is 26.0 Å². The van der Waals surface area contributed by atoms with Crippen LogP contribution in [0.15, 0.2) is 6.20 Å². The molecule has 1 saturated heterocycles. The Morgan fingerprint density at radius 1 is 1.69 bits per heavy atom. The van der Waals surface area contributed by atoms with E-state index in [9.17, 15) is 5.11 Å². The zero-order valence-corrected chi connectivity index (χ0v) is 8.55. The summed E-state index contributed by atoms with van der Waals surface area (Å²) in [6, 6.07) is 0. The van der Waals surface area contributed by atoms with Crippen molar-refractivity contribution in [1.29, 1.82) is 0 Å². The molecule has 1 aliphatic heterocycles. The second-order valence-electron chi connectivity index (χ2n) is 3.47. The molecule has 0 spiro atoms. The molecular formula is C9H14N2OS. The Morgan fingerprint density at radius 3 is 2.92 bits per heavy atom. The fourth-order valence-corrected chi connectivity index (χ4v) is 2.25. The van der Waals surface area contributed by atoms with Crippen molar-refractivity contribution < 1.29 is 5.11 Å². The summed E-state index contributed by atoms with van der Waals surface area (Å²) in [5.41, 5.74) is 0. The summed E-state index contributed by atoms with van der Waals surface area (Å²) in [4.78, 5) is 7.82. The van der Waals surface area contributed by atoms with Crippen LogP contribution in [0.25, 0.3) is 0 Å². The van der Waals surface area contributed by atoms with Gasteiger partial charge in [0.1, 0.15) is 11.1 Å². The van der Waals surface area contributed by atoms with E-state index in [1.807, 2.05) is 6.20 Å². The lowest BCUT2D eigenvalue weighted by atomic mass is 10.2. The Kier molecular flexibility index (Phi) is 2.62. The summed E-state index contributed by atoms with van der Waals surface area (Å²) in [5, 5.41) is 10.1. The molecule has 4 heteroatoms. The standard InChI is InChI=1S/C9H14N2OS/c1-7(12)9-10-5-8(13-9)6-11-3-2-4-11/h5,7,12H,2-4,6H2,1H3. The molecule has 72 valence electrons. The predicted octanol–water partition coefficient (Wildman–Crippen LogP) is 1.40. The second kappa shape index (κ2) is 3.74. The van der Waals surface area contributed by atoms with Crippen LogP contribution in [-0.4, -0.2) is 28.1 Å². The molecule has 1 N–H and O–H groups in total. The number of rotatable bonds is 3. The average Bonchev–Trinajstić information content (AvgIpc) is 2.44. The van der Waals surface area contributed by atoms with Crippen LogP contribution >= 0.6 is 11.3 Å². The van der Waals surface area contributed by atoms with Gasteiger partial charge in [0, 0.05) is 17.6 Å². The van der Waals surface area contributed by atoms with Gasteiger partial charge < -0.3 is 5.11 Å². The van der Waals surface area contributed by atoms with Crippen LogP contribution < -0.4 is 0 Å². The maximum atomic E-state index is 9.28. The first-order chi connectivity index (χ1) is 6.25. The molecule has 0 aliphatic carbocycles. The van der Waals surface area contributed by atoms with Crippen LogP contribution in [0.3, 0.4) is 0 Å². The summed E-state index contributed by atoms with van der Waals surface area (Å²) in [7, 11) is 0. The maximum Gasteiger partial charge on any atom is 0.121 e. The summed E-state index contributed by atoms with van der Waals surface area (Å²) in [6.45, 7) is 5.18. The molecule has 2 heterocycles. The lowest BCUT2D eigenvalue weighted by Crippen LogP contribution is -2.35. The van der Waals surface area contributed by atoms with E-state index in [1.54, 1.807) is 18.3 Å². The Labute approximate surface area is 82.0 Å². The van der Waals surface area contributed by atoms with Crippen LogP contribution in [0.5, 0.6) is 0 Å². The number of thiazole rings is 1. The van der Waals surface area contributed by atoms with Crippen LogP contribution in [-0.2, 0) is 6.54 Å². The lowest BCUT2D eigenvalue weighted by Gasteiger charge is -2.29. The second-order valence-corrected chi connectivity index (χ2v) is 4.62. The largest absolute Gasteiger partial charge is 0.386 e. The highest BCUT2D eigenvalue weighted by atomic mass is 32.1. The molecule has 0 bridgehead atoms. The number of hydrogen-bond acceptors (Lipinski definition) is 4. The van der Waals surface area contributed by atoms with Gasteiger partial charge in [-0.15, -0.1) is 11.3 Å². The maximum absolute atomic E-state index is 9.28. The van der Waals surface area contributed by atoms with Gasteiger partial charge in [0.25, 0.3) is 0 Å². The van der Waals surface area contributed by atoms with Gasteiger partial charge in [-0.3, -0.25) is 4.90 Å². The van der Waals surface area contributed by atoms with Crippen LogP contribution in [0.1, 0.15) is 29.3 Å². The van der Waals surface area contributed by atoms with E-state index < -0.39 is 6.10 Å². The quantitative estimate of drug-likeness (QED) is 0.797. The van der Waals surface area contributed by atoms with Gasteiger partial charge in [0.15, 0.2) is 0 Å². The van der Waals surface area contributed by atoms with Crippen LogP contribution in [0.4, 0.5) is 0 Å². The number of likely N-dealkylation sites (tertiary alicyclic amines) is 1. The van der Waals surface area contributed by atoms with Crippen molar-refractivity contribution in [3.63, 3.8) is 0 Å². The number of nitrogens with zero attached hydrogens (tertiary/aromatic N) is 2. The van der Waals surface area contributed by atoms with Crippen molar-refractivity contribution in [3.05, 3.63) is 16.1 Å². The normalized spacial score (nSPS) is 19.8. The predicted molar refractivity (Wildman–Crippen MR) is 52.6 cm³/mol. The zero-order chi connectivity index (χ0) is 9.26. The van der Waals surface area contributed by atoms with Crippen molar-refractivity contribution in [3.8, 4) is 0 Å². The molecule has 0 radical (unpaired) electrons. The minimum Gasteiger partial charge on any atom is -0.386 e. The Morgan fingerprint density at radius 2 is 2.46 bits per heavy atom. The van der Waals surface area contributed by atoms with Crippen LogP contribution in [0, 0.1) is 0 Å². The molecule has 3 nitrogen and oxygen atoms in total. The summed E-state index contributed by atoms with van der Waals surface area (Å²) < 4.78 is 0. The SMILES string of the molecule is CC(O)c1ncc(CN2CCC2)s1. The lowest BCUT2D eigenvalue weighted by molar-refractivity contribution is 0.174. The Hall–Kier alpha value is -0.450. The molecule has 1 atom stereocenters. The number of hydrogen-bond donors (Lipinski definition) is 1. The van der Waals surface area contributed by atoms with Crippen molar-refractivity contribution in [2.75, 3.05) is 13.1 Å². The molecule has 2 rings (SSSR count). The fraction of sp³-hybridized carbons (Fsp3) is 0.667. The molecule has 1 aromatic rings. The third-order valence-electron chi connectivity index (χ3n) is 2.26. The van der Waals surface area contributed by atoms with E-state index in [4.69, 9.17) is 0 Å². The van der Waals surface area contributed by atoms with Gasteiger partial charge in [0.05, 0.1) is 0 Å². The Balaban J connectivity index is 1.96. The van der Waals surface area contributed by atoms with Gasteiger partial charge in [-0.1, -0.05) is 0 Å². The van der Waals surface area contributed by atoms with Crippen molar-refractivity contribution in [1.82, 2.24) is 9.88 Å².